The fourth-order valence-corrected chi connectivity index (χ4v) is 3.65. The molecule has 0 unspecified atom stereocenters. The van der Waals surface area contributed by atoms with Crippen LogP contribution < -0.4 is 0 Å². The van der Waals surface area contributed by atoms with Gasteiger partial charge in [0.2, 0.25) is 0 Å². The Hall–Kier alpha value is -1.42. The van der Waals surface area contributed by atoms with Crippen molar-refractivity contribution >= 4 is 8.07 Å². The third-order valence-corrected chi connectivity index (χ3v) is 5.19. The highest BCUT2D eigenvalue weighted by Gasteiger charge is 2.42. The van der Waals surface area contributed by atoms with Crippen molar-refractivity contribution in [2.45, 2.75) is 58.0 Å². The predicted molar refractivity (Wildman–Crippen MR) is 106 cm³/mol. The Balaban J connectivity index is 1.88. The normalized spacial score (nSPS) is 26.1. The van der Waals surface area contributed by atoms with Crippen LogP contribution in [0.4, 0.5) is 0 Å². The first kappa shape index (κ1) is 19.3. The molecular weight excluding hydrogens is 342 g/mol. The molecule has 1 aromatic rings. The molecule has 0 bridgehead atoms. The fourth-order valence-electron chi connectivity index (χ4n) is 3.13. The number of hydroxylamine groups is 2. The minimum atomic E-state index is -1.47. The molecule has 0 saturated carbocycles. The van der Waals surface area contributed by atoms with E-state index in [4.69, 9.17) is 14.3 Å². The lowest BCUT2D eigenvalue weighted by Gasteiger charge is -2.37. The number of ether oxygens (including phenoxy) is 2. The summed E-state index contributed by atoms with van der Waals surface area (Å²) in [5.74, 6) is 2.88. The standard InChI is InChI=1S/C21H29NO3Si/c1-21(2)23-16-19(25-21)20-18(12-14-26(3,4)5)11-13-24-22(20)15-17-9-7-6-8-10-17/h6-11,19-20H,13,15-16H2,1-5H3/t19-,20-/m1/s1. The van der Waals surface area contributed by atoms with Crippen LogP contribution in [0, 0.1) is 11.5 Å². The van der Waals surface area contributed by atoms with Gasteiger partial charge in [-0.1, -0.05) is 55.9 Å². The van der Waals surface area contributed by atoms with Gasteiger partial charge in [0.1, 0.15) is 14.2 Å². The van der Waals surface area contributed by atoms with Gasteiger partial charge in [0.15, 0.2) is 5.79 Å². The van der Waals surface area contributed by atoms with Gasteiger partial charge in [0, 0.05) is 12.1 Å². The molecule has 2 aliphatic rings. The minimum Gasteiger partial charge on any atom is -0.348 e. The molecule has 26 heavy (non-hydrogen) atoms. The summed E-state index contributed by atoms with van der Waals surface area (Å²) in [5, 5.41) is 2.01. The molecule has 1 fully saturated rings. The maximum atomic E-state index is 6.18. The van der Waals surface area contributed by atoms with Crippen LogP contribution in [0.25, 0.3) is 0 Å². The van der Waals surface area contributed by atoms with E-state index in [9.17, 15) is 0 Å². The zero-order valence-electron chi connectivity index (χ0n) is 16.4. The monoisotopic (exact) mass is 371 g/mol. The molecule has 4 nitrogen and oxygen atoms in total. The van der Waals surface area contributed by atoms with Crippen molar-refractivity contribution in [1.29, 1.82) is 0 Å². The van der Waals surface area contributed by atoms with E-state index in [0.29, 0.717) is 19.8 Å². The second kappa shape index (κ2) is 7.67. The lowest BCUT2D eigenvalue weighted by molar-refractivity contribution is -0.214. The van der Waals surface area contributed by atoms with Crippen LogP contribution in [0.5, 0.6) is 0 Å². The van der Waals surface area contributed by atoms with Gasteiger partial charge in [-0.2, -0.15) is 5.06 Å². The fraction of sp³-hybridized carbons (Fsp3) is 0.524. The molecule has 1 saturated heterocycles. The summed E-state index contributed by atoms with van der Waals surface area (Å²) < 4.78 is 12.0. The largest absolute Gasteiger partial charge is 0.348 e. The van der Waals surface area contributed by atoms with Crippen LogP contribution >= 0.6 is 0 Å². The third-order valence-electron chi connectivity index (χ3n) is 4.32. The predicted octanol–water partition coefficient (Wildman–Crippen LogP) is 3.76. The van der Waals surface area contributed by atoms with Gasteiger partial charge in [0.05, 0.1) is 19.3 Å². The number of hydrogen-bond donors (Lipinski definition) is 0. The zero-order valence-corrected chi connectivity index (χ0v) is 17.4. The molecule has 0 spiro atoms. The molecule has 2 aliphatic heterocycles. The second-order valence-electron chi connectivity index (χ2n) is 8.33. The van der Waals surface area contributed by atoms with Crippen molar-refractivity contribution in [2.24, 2.45) is 0 Å². The smallest absolute Gasteiger partial charge is 0.163 e. The van der Waals surface area contributed by atoms with E-state index in [1.807, 2.05) is 37.1 Å². The Morgan fingerprint density at radius 2 is 1.92 bits per heavy atom. The number of rotatable bonds is 3. The molecule has 140 valence electrons. The summed E-state index contributed by atoms with van der Waals surface area (Å²) in [7, 11) is -1.47. The lowest BCUT2D eigenvalue weighted by atomic mass is 10.00. The highest BCUT2D eigenvalue weighted by molar-refractivity contribution is 6.83. The first-order valence-corrected chi connectivity index (χ1v) is 12.7. The molecule has 0 aromatic heterocycles. The summed E-state index contributed by atoms with van der Waals surface area (Å²) >= 11 is 0. The van der Waals surface area contributed by atoms with Crippen molar-refractivity contribution in [2.75, 3.05) is 13.2 Å². The first-order chi connectivity index (χ1) is 12.2. The molecule has 0 N–H and O–H groups in total. The molecule has 5 heteroatoms. The summed E-state index contributed by atoms with van der Waals surface area (Å²) in [6, 6.07) is 10.3. The Kier molecular flexibility index (Phi) is 5.71. The maximum Gasteiger partial charge on any atom is 0.163 e. The number of nitrogens with zero attached hydrogens (tertiary/aromatic N) is 1. The molecule has 2 heterocycles. The summed E-state index contributed by atoms with van der Waals surface area (Å²) in [5.41, 5.74) is 5.78. The van der Waals surface area contributed by atoms with Gasteiger partial charge in [-0.15, -0.1) is 5.54 Å². The summed E-state index contributed by atoms with van der Waals surface area (Å²) in [6.07, 6.45) is 1.99. The van der Waals surface area contributed by atoms with Crippen molar-refractivity contribution in [1.82, 2.24) is 5.06 Å². The van der Waals surface area contributed by atoms with Crippen LogP contribution in [0.15, 0.2) is 42.0 Å². The molecular formula is C21H29NO3Si. The van der Waals surface area contributed by atoms with Crippen LogP contribution in [0.1, 0.15) is 19.4 Å². The van der Waals surface area contributed by atoms with E-state index in [0.717, 1.165) is 5.57 Å². The molecule has 0 aliphatic carbocycles. The van der Waals surface area contributed by atoms with E-state index in [2.05, 4.69) is 49.3 Å². The van der Waals surface area contributed by atoms with E-state index < -0.39 is 13.9 Å². The van der Waals surface area contributed by atoms with Gasteiger partial charge in [-0.25, -0.2) is 0 Å². The number of hydrogen-bond acceptors (Lipinski definition) is 4. The average Bonchev–Trinajstić information content (AvgIpc) is 2.93. The van der Waals surface area contributed by atoms with Crippen molar-refractivity contribution in [3.8, 4) is 11.5 Å². The average molecular weight is 372 g/mol. The van der Waals surface area contributed by atoms with Crippen LogP contribution in [0.3, 0.4) is 0 Å². The third kappa shape index (κ3) is 5.06. The summed E-state index contributed by atoms with van der Waals surface area (Å²) in [4.78, 5) is 6.00. The van der Waals surface area contributed by atoms with Gasteiger partial charge in [-0.3, -0.25) is 4.84 Å². The molecule has 0 amide bonds. The quantitative estimate of drug-likeness (QED) is 0.598. The Morgan fingerprint density at radius 3 is 2.54 bits per heavy atom. The Morgan fingerprint density at radius 1 is 1.19 bits per heavy atom. The molecule has 1 aromatic carbocycles. The first-order valence-electron chi connectivity index (χ1n) is 9.22. The van der Waals surface area contributed by atoms with E-state index in [1.54, 1.807) is 0 Å². The lowest BCUT2D eigenvalue weighted by Crippen LogP contribution is -2.48. The minimum absolute atomic E-state index is 0.0606. The van der Waals surface area contributed by atoms with E-state index in [-0.39, 0.29) is 12.1 Å². The van der Waals surface area contributed by atoms with E-state index >= 15 is 0 Å². The molecule has 0 radical (unpaired) electrons. The second-order valence-corrected chi connectivity index (χ2v) is 13.1. The zero-order chi connectivity index (χ0) is 18.8. The topological polar surface area (TPSA) is 30.9 Å². The maximum absolute atomic E-state index is 6.18. The highest BCUT2D eigenvalue weighted by Crippen LogP contribution is 2.31. The molecule has 2 atom stereocenters. The molecule has 3 rings (SSSR count). The van der Waals surface area contributed by atoms with Crippen LogP contribution in [-0.2, 0) is 20.9 Å². The van der Waals surface area contributed by atoms with Gasteiger partial charge in [-0.05, 0) is 25.5 Å². The Labute approximate surface area is 158 Å². The van der Waals surface area contributed by atoms with Crippen LogP contribution in [-0.4, -0.2) is 44.3 Å². The van der Waals surface area contributed by atoms with Crippen molar-refractivity contribution < 1.29 is 14.3 Å². The SMILES string of the molecule is CC1(C)OC[C@H]([C@H]2C(C#C[Si](C)(C)C)=CCON2Cc2ccccc2)O1. The summed E-state index contributed by atoms with van der Waals surface area (Å²) in [6.45, 7) is 12.5. The van der Waals surface area contributed by atoms with Crippen molar-refractivity contribution in [3.05, 3.63) is 47.5 Å². The number of benzene rings is 1. The Bertz CT molecular complexity index is 712. The van der Waals surface area contributed by atoms with Gasteiger partial charge >= 0.3 is 0 Å². The van der Waals surface area contributed by atoms with E-state index in [1.165, 1.54) is 5.56 Å². The van der Waals surface area contributed by atoms with Crippen molar-refractivity contribution in [3.63, 3.8) is 0 Å². The van der Waals surface area contributed by atoms with Crippen LogP contribution in [0.2, 0.25) is 19.6 Å². The highest BCUT2D eigenvalue weighted by atomic mass is 28.3. The van der Waals surface area contributed by atoms with Gasteiger partial charge in [0.25, 0.3) is 0 Å². The van der Waals surface area contributed by atoms with Gasteiger partial charge < -0.3 is 9.47 Å².